The van der Waals surface area contributed by atoms with Crippen LogP contribution in [0.4, 0.5) is 0 Å². The first-order chi connectivity index (χ1) is 10.6. The topological polar surface area (TPSA) is 46.3 Å². The molecule has 2 aromatic rings. The molecule has 3 rings (SSSR count). The van der Waals surface area contributed by atoms with Crippen molar-refractivity contribution in [2.24, 2.45) is 0 Å². The molecule has 1 aromatic carbocycles. The molecule has 1 aliphatic rings. The summed E-state index contributed by atoms with van der Waals surface area (Å²) in [5, 5.41) is 3.99. The van der Waals surface area contributed by atoms with Crippen LogP contribution in [0.5, 0.6) is 0 Å². The predicted octanol–water partition coefficient (Wildman–Crippen LogP) is 4.05. The van der Waals surface area contributed by atoms with E-state index in [4.69, 9.17) is 4.52 Å². The molecule has 1 aromatic heterocycles. The number of benzene rings is 1. The van der Waals surface area contributed by atoms with E-state index in [-0.39, 0.29) is 18.0 Å². The highest BCUT2D eigenvalue weighted by Crippen LogP contribution is 2.26. The van der Waals surface area contributed by atoms with Crippen LogP contribution >= 0.6 is 0 Å². The number of carbonyl (C=O) groups excluding carboxylic acids is 1. The van der Waals surface area contributed by atoms with Crippen LogP contribution in [0.2, 0.25) is 0 Å². The van der Waals surface area contributed by atoms with E-state index in [1.807, 2.05) is 36.1 Å². The maximum Gasteiger partial charge on any atom is 0.276 e. The summed E-state index contributed by atoms with van der Waals surface area (Å²) in [6, 6.07) is 10.3. The van der Waals surface area contributed by atoms with Crippen molar-refractivity contribution in [2.45, 2.75) is 52.1 Å². The van der Waals surface area contributed by atoms with Gasteiger partial charge in [0.2, 0.25) is 0 Å². The van der Waals surface area contributed by atoms with Gasteiger partial charge in [0.1, 0.15) is 0 Å². The summed E-state index contributed by atoms with van der Waals surface area (Å²) in [6.07, 6.45) is 3.29. The second kappa shape index (κ2) is 5.95. The number of hydrogen-bond acceptors (Lipinski definition) is 3. The second-order valence-corrected chi connectivity index (χ2v) is 6.28. The van der Waals surface area contributed by atoms with Crippen molar-refractivity contribution in [3.05, 3.63) is 41.6 Å². The number of hydrogen-bond donors (Lipinski definition) is 0. The van der Waals surface area contributed by atoms with E-state index in [0.717, 1.165) is 18.4 Å². The highest BCUT2D eigenvalue weighted by atomic mass is 16.5. The molecule has 4 heteroatoms. The molecule has 0 aliphatic carbocycles. The molecule has 0 N–H and O–H groups in total. The van der Waals surface area contributed by atoms with Crippen LogP contribution in [-0.4, -0.2) is 28.0 Å². The first kappa shape index (κ1) is 14.8. The first-order valence-corrected chi connectivity index (χ1v) is 7.92. The van der Waals surface area contributed by atoms with Crippen LogP contribution in [0.25, 0.3) is 11.3 Å². The zero-order valence-corrected chi connectivity index (χ0v) is 13.4. The molecule has 116 valence electrons. The molecule has 0 bridgehead atoms. The second-order valence-electron chi connectivity index (χ2n) is 6.28. The molecule has 1 aliphatic heterocycles. The molecule has 2 heterocycles. The average Bonchev–Trinajstić information content (AvgIpc) is 2.97. The Hall–Kier alpha value is -2.10. The van der Waals surface area contributed by atoms with E-state index in [9.17, 15) is 4.79 Å². The van der Waals surface area contributed by atoms with Crippen LogP contribution in [0.3, 0.4) is 0 Å². The van der Waals surface area contributed by atoms with Crippen molar-refractivity contribution >= 4 is 5.91 Å². The highest BCUT2D eigenvalue weighted by molar-refractivity contribution is 5.93. The van der Waals surface area contributed by atoms with Crippen LogP contribution < -0.4 is 0 Å². The van der Waals surface area contributed by atoms with E-state index in [1.165, 1.54) is 12.0 Å². The molecule has 0 radical (unpaired) electrons. The average molecular weight is 298 g/mol. The number of piperidine rings is 1. The van der Waals surface area contributed by atoms with Crippen LogP contribution in [0.1, 0.15) is 49.2 Å². The Morgan fingerprint density at radius 3 is 2.45 bits per heavy atom. The largest absolute Gasteiger partial charge is 0.355 e. The minimum Gasteiger partial charge on any atom is -0.355 e. The Balaban J connectivity index is 1.83. The summed E-state index contributed by atoms with van der Waals surface area (Å²) < 4.78 is 5.38. The van der Waals surface area contributed by atoms with Gasteiger partial charge in [0.05, 0.1) is 0 Å². The molecule has 1 saturated heterocycles. The third-order valence-electron chi connectivity index (χ3n) is 4.49. The Bertz CT molecular complexity index is 650. The molecule has 0 saturated carbocycles. The molecule has 1 fully saturated rings. The summed E-state index contributed by atoms with van der Waals surface area (Å²) in [7, 11) is 0. The van der Waals surface area contributed by atoms with E-state index in [0.29, 0.717) is 11.5 Å². The van der Waals surface area contributed by atoms with Gasteiger partial charge >= 0.3 is 0 Å². The van der Waals surface area contributed by atoms with Gasteiger partial charge in [-0.1, -0.05) is 35.0 Å². The summed E-state index contributed by atoms with van der Waals surface area (Å²) in [4.78, 5) is 14.7. The van der Waals surface area contributed by atoms with Crippen molar-refractivity contribution in [1.29, 1.82) is 0 Å². The predicted molar refractivity (Wildman–Crippen MR) is 85.6 cm³/mol. The monoisotopic (exact) mass is 298 g/mol. The lowest BCUT2D eigenvalue weighted by atomic mass is 9.97. The number of aromatic nitrogens is 1. The van der Waals surface area contributed by atoms with Crippen molar-refractivity contribution in [1.82, 2.24) is 10.1 Å². The fourth-order valence-electron chi connectivity index (χ4n) is 3.18. The van der Waals surface area contributed by atoms with Gasteiger partial charge in [0.25, 0.3) is 5.91 Å². The Morgan fingerprint density at radius 1 is 1.18 bits per heavy atom. The van der Waals surface area contributed by atoms with E-state index in [2.05, 4.69) is 19.0 Å². The number of carbonyl (C=O) groups is 1. The number of likely N-dealkylation sites (tertiary alicyclic amines) is 1. The lowest BCUT2D eigenvalue weighted by molar-refractivity contribution is 0.0500. The zero-order valence-electron chi connectivity index (χ0n) is 13.4. The van der Waals surface area contributed by atoms with Gasteiger partial charge in [-0.15, -0.1) is 0 Å². The van der Waals surface area contributed by atoms with Crippen LogP contribution in [-0.2, 0) is 0 Å². The molecule has 2 atom stereocenters. The van der Waals surface area contributed by atoms with Gasteiger partial charge < -0.3 is 9.42 Å². The van der Waals surface area contributed by atoms with Crippen LogP contribution in [0.15, 0.2) is 34.9 Å². The van der Waals surface area contributed by atoms with Gasteiger partial charge in [0, 0.05) is 23.7 Å². The van der Waals surface area contributed by atoms with Crippen LogP contribution in [0, 0.1) is 6.92 Å². The minimum absolute atomic E-state index is 0.0261. The summed E-state index contributed by atoms with van der Waals surface area (Å²) in [5.74, 6) is 0.613. The van der Waals surface area contributed by atoms with Crippen molar-refractivity contribution in [3.63, 3.8) is 0 Å². The number of rotatable bonds is 2. The number of amides is 1. The highest BCUT2D eigenvalue weighted by Gasteiger charge is 2.31. The van der Waals surface area contributed by atoms with E-state index >= 15 is 0 Å². The maximum absolute atomic E-state index is 12.7. The smallest absolute Gasteiger partial charge is 0.276 e. The SMILES string of the molecule is Cc1ccc(-c2cc(C(=O)N3[C@H](C)CCC[C@H]3C)no2)cc1. The van der Waals surface area contributed by atoms with Gasteiger partial charge in [-0.2, -0.15) is 0 Å². The number of aryl methyl sites for hydroxylation is 1. The molecule has 1 amide bonds. The van der Waals surface area contributed by atoms with Crippen molar-refractivity contribution in [3.8, 4) is 11.3 Å². The summed E-state index contributed by atoms with van der Waals surface area (Å²) in [5.41, 5.74) is 2.53. The van der Waals surface area contributed by atoms with Gasteiger partial charge in [-0.25, -0.2) is 0 Å². The standard InChI is InChI=1S/C18H22N2O2/c1-12-7-9-15(10-8-12)17-11-16(19-22-17)18(21)20-13(2)5-4-6-14(20)3/h7-11,13-14H,4-6H2,1-3H3/t13-,14-/m1/s1. The third kappa shape index (κ3) is 2.78. The fraction of sp³-hybridized carbons (Fsp3) is 0.444. The normalized spacial score (nSPS) is 21.9. The summed E-state index contributed by atoms with van der Waals surface area (Å²) in [6.45, 7) is 6.25. The Labute approximate surface area is 131 Å². The van der Waals surface area contributed by atoms with Gasteiger partial charge in [0.15, 0.2) is 11.5 Å². The Kier molecular flexibility index (Phi) is 4.01. The molecule has 0 unspecified atom stereocenters. The molecule has 22 heavy (non-hydrogen) atoms. The number of nitrogens with zero attached hydrogens (tertiary/aromatic N) is 2. The van der Waals surface area contributed by atoms with E-state index < -0.39 is 0 Å². The third-order valence-corrected chi connectivity index (χ3v) is 4.49. The molecule has 4 nitrogen and oxygen atoms in total. The fourth-order valence-corrected chi connectivity index (χ4v) is 3.18. The van der Waals surface area contributed by atoms with Crippen molar-refractivity contribution in [2.75, 3.05) is 0 Å². The lowest BCUT2D eigenvalue weighted by Crippen LogP contribution is -2.47. The minimum atomic E-state index is -0.0261. The lowest BCUT2D eigenvalue weighted by Gasteiger charge is -2.38. The molecular weight excluding hydrogens is 276 g/mol. The van der Waals surface area contributed by atoms with Gasteiger partial charge in [-0.05, 0) is 40.0 Å². The summed E-state index contributed by atoms with van der Waals surface area (Å²) >= 11 is 0. The van der Waals surface area contributed by atoms with Gasteiger partial charge in [-0.3, -0.25) is 4.79 Å². The molecule has 0 spiro atoms. The quantitative estimate of drug-likeness (QED) is 0.840. The zero-order chi connectivity index (χ0) is 15.7. The Morgan fingerprint density at radius 2 is 1.82 bits per heavy atom. The molecular formula is C18H22N2O2. The van der Waals surface area contributed by atoms with E-state index in [1.54, 1.807) is 6.07 Å². The first-order valence-electron chi connectivity index (χ1n) is 7.92. The van der Waals surface area contributed by atoms with Crippen molar-refractivity contribution < 1.29 is 9.32 Å². The maximum atomic E-state index is 12.7.